The molecule has 0 saturated heterocycles. The van der Waals surface area contributed by atoms with Crippen LogP contribution in [-0.2, 0) is 11.2 Å². The molecule has 2 aliphatic carbocycles. The van der Waals surface area contributed by atoms with E-state index in [2.05, 4.69) is 47.9 Å². The topological polar surface area (TPSA) is 41.1 Å². The lowest BCUT2D eigenvalue weighted by Gasteiger charge is -2.36. The predicted octanol–water partition coefficient (Wildman–Crippen LogP) is 3.57. The molecule has 2 N–H and O–H groups in total. The van der Waals surface area contributed by atoms with Gasteiger partial charge in [0.15, 0.2) is 0 Å². The zero-order valence-electron chi connectivity index (χ0n) is 14.7. The van der Waals surface area contributed by atoms with Crippen molar-refractivity contribution in [2.24, 2.45) is 17.3 Å². The van der Waals surface area contributed by atoms with E-state index in [9.17, 15) is 4.79 Å². The van der Waals surface area contributed by atoms with Crippen LogP contribution >= 0.6 is 12.4 Å². The number of amides is 1. The first-order valence-corrected chi connectivity index (χ1v) is 9.27. The monoisotopic (exact) mass is 350 g/mol. The third-order valence-corrected chi connectivity index (χ3v) is 5.80. The first kappa shape index (κ1) is 19.3. The fourth-order valence-corrected chi connectivity index (χ4v) is 4.72. The summed E-state index contributed by atoms with van der Waals surface area (Å²) in [6.45, 7) is 4.80. The Morgan fingerprint density at radius 1 is 1.17 bits per heavy atom. The zero-order valence-corrected chi connectivity index (χ0v) is 15.5. The minimum atomic E-state index is -0.158. The smallest absolute Gasteiger partial charge is 0.226 e. The van der Waals surface area contributed by atoms with Crippen molar-refractivity contribution in [1.82, 2.24) is 10.6 Å². The average molecular weight is 351 g/mol. The van der Waals surface area contributed by atoms with Gasteiger partial charge in [-0.25, -0.2) is 0 Å². The van der Waals surface area contributed by atoms with Gasteiger partial charge in [0.05, 0.1) is 5.41 Å². The first-order chi connectivity index (χ1) is 11.2. The number of hydrogen-bond donors (Lipinski definition) is 2. The van der Waals surface area contributed by atoms with Crippen LogP contribution in [0.1, 0.15) is 44.6 Å². The fourth-order valence-electron chi connectivity index (χ4n) is 4.72. The highest BCUT2D eigenvalue weighted by molar-refractivity contribution is 5.85. The molecule has 3 unspecified atom stereocenters. The minimum absolute atomic E-state index is 0. The largest absolute Gasteiger partial charge is 0.354 e. The highest BCUT2D eigenvalue weighted by Crippen LogP contribution is 2.57. The molecule has 1 aromatic carbocycles. The van der Waals surface area contributed by atoms with Gasteiger partial charge in [-0.3, -0.25) is 4.79 Å². The second-order valence-corrected chi connectivity index (χ2v) is 7.40. The molecule has 0 aromatic heterocycles. The number of rotatable bonds is 8. The predicted molar refractivity (Wildman–Crippen MR) is 101 cm³/mol. The van der Waals surface area contributed by atoms with Crippen LogP contribution < -0.4 is 10.6 Å². The van der Waals surface area contributed by atoms with Gasteiger partial charge in [0.25, 0.3) is 0 Å². The van der Waals surface area contributed by atoms with Crippen molar-refractivity contribution < 1.29 is 4.79 Å². The molecule has 0 radical (unpaired) electrons. The van der Waals surface area contributed by atoms with Crippen molar-refractivity contribution >= 4 is 18.3 Å². The van der Waals surface area contributed by atoms with Crippen LogP contribution in [0.2, 0.25) is 0 Å². The van der Waals surface area contributed by atoms with E-state index < -0.39 is 0 Å². The molecule has 2 bridgehead atoms. The Kier molecular flexibility index (Phi) is 7.12. The number of halogens is 1. The maximum atomic E-state index is 13.1. The SMILES string of the molecule is CCCNCCNC(=O)C1(Cc2ccccc2)CC2CCC1C2.Cl. The van der Waals surface area contributed by atoms with E-state index in [1.54, 1.807) is 0 Å². The summed E-state index contributed by atoms with van der Waals surface area (Å²) in [6.07, 6.45) is 6.94. The number of nitrogens with one attached hydrogen (secondary N) is 2. The Balaban J connectivity index is 0.00000208. The van der Waals surface area contributed by atoms with E-state index in [1.165, 1.54) is 24.8 Å². The molecule has 0 spiro atoms. The lowest BCUT2D eigenvalue weighted by Crippen LogP contribution is -2.47. The molecule has 134 valence electrons. The van der Waals surface area contributed by atoms with E-state index in [0.717, 1.165) is 44.8 Å². The number of fused-ring (bicyclic) bond motifs is 2. The molecule has 2 saturated carbocycles. The summed E-state index contributed by atoms with van der Waals surface area (Å²) in [5, 5.41) is 6.59. The summed E-state index contributed by atoms with van der Waals surface area (Å²) in [5.74, 6) is 1.65. The summed E-state index contributed by atoms with van der Waals surface area (Å²) in [7, 11) is 0. The van der Waals surface area contributed by atoms with Gasteiger partial charge in [-0.05, 0) is 56.0 Å². The van der Waals surface area contributed by atoms with Crippen LogP contribution in [0, 0.1) is 17.3 Å². The molecule has 3 atom stereocenters. The van der Waals surface area contributed by atoms with Gasteiger partial charge in [-0.2, -0.15) is 0 Å². The fraction of sp³-hybridized carbons (Fsp3) is 0.650. The Morgan fingerprint density at radius 2 is 1.96 bits per heavy atom. The van der Waals surface area contributed by atoms with Gasteiger partial charge in [-0.1, -0.05) is 43.7 Å². The molecular formula is C20H31ClN2O. The van der Waals surface area contributed by atoms with Gasteiger partial charge in [0.1, 0.15) is 0 Å². The van der Waals surface area contributed by atoms with E-state index in [4.69, 9.17) is 0 Å². The van der Waals surface area contributed by atoms with Gasteiger partial charge in [-0.15, -0.1) is 12.4 Å². The maximum Gasteiger partial charge on any atom is 0.226 e. The highest BCUT2D eigenvalue weighted by Gasteiger charge is 2.55. The van der Waals surface area contributed by atoms with Crippen LogP contribution in [0.5, 0.6) is 0 Å². The number of hydrogen-bond acceptors (Lipinski definition) is 2. The Hall–Kier alpha value is -1.06. The van der Waals surface area contributed by atoms with Crippen molar-refractivity contribution in [3.8, 4) is 0 Å². The highest BCUT2D eigenvalue weighted by atomic mass is 35.5. The van der Waals surface area contributed by atoms with Crippen LogP contribution in [0.25, 0.3) is 0 Å². The molecule has 2 aliphatic rings. The van der Waals surface area contributed by atoms with Crippen LogP contribution in [0.15, 0.2) is 30.3 Å². The molecular weight excluding hydrogens is 320 g/mol. The van der Waals surface area contributed by atoms with Gasteiger partial charge in [0.2, 0.25) is 5.91 Å². The summed E-state index contributed by atoms with van der Waals surface area (Å²) in [4.78, 5) is 13.1. The summed E-state index contributed by atoms with van der Waals surface area (Å²) in [5.41, 5.74) is 1.15. The third-order valence-electron chi connectivity index (χ3n) is 5.80. The molecule has 0 heterocycles. The zero-order chi connectivity index (χ0) is 16.1. The molecule has 3 rings (SSSR count). The second-order valence-electron chi connectivity index (χ2n) is 7.40. The van der Waals surface area contributed by atoms with E-state index in [1.807, 2.05) is 0 Å². The van der Waals surface area contributed by atoms with Crippen molar-refractivity contribution in [3.05, 3.63) is 35.9 Å². The van der Waals surface area contributed by atoms with Gasteiger partial charge < -0.3 is 10.6 Å². The second kappa shape index (κ2) is 8.87. The van der Waals surface area contributed by atoms with Crippen molar-refractivity contribution in [2.75, 3.05) is 19.6 Å². The lowest BCUT2D eigenvalue weighted by atomic mass is 9.68. The van der Waals surface area contributed by atoms with Crippen molar-refractivity contribution in [3.63, 3.8) is 0 Å². The van der Waals surface area contributed by atoms with Gasteiger partial charge >= 0.3 is 0 Å². The Labute approximate surface area is 152 Å². The standard InChI is InChI=1S/C20H30N2O.ClH/c1-2-10-21-11-12-22-19(23)20(14-16-6-4-3-5-7-16)15-17-8-9-18(20)13-17;/h3-7,17-18,21H,2,8-15H2,1H3,(H,22,23);1H. The van der Waals surface area contributed by atoms with Gasteiger partial charge in [0, 0.05) is 13.1 Å². The third kappa shape index (κ3) is 4.12. The molecule has 0 aliphatic heterocycles. The van der Waals surface area contributed by atoms with Crippen LogP contribution in [-0.4, -0.2) is 25.5 Å². The summed E-state index contributed by atoms with van der Waals surface area (Å²) < 4.78 is 0. The van der Waals surface area contributed by atoms with Crippen molar-refractivity contribution in [1.29, 1.82) is 0 Å². The van der Waals surface area contributed by atoms with Crippen molar-refractivity contribution in [2.45, 2.75) is 45.4 Å². The van der Waals surface area contributed by atoms with E-state index >= 15 is 0 Å². The molecule has 1 aromatic rings. The van der Waals surface area contributed by atoms with Crippen LogP contribution in [0.4, 0.5) is 0 Å². The molecule has 1 amide bonds. The summed E-state index contributed by atoms with van der Waals surface area (Å²) >= 11 is 0. The molecule has 3 nitrogen and oxygen atoms in total. The molecule has 4 heteroatoms. The Bertz CT molecular complexity index is 522. The van der Waals surface area contributed by atoms with E-state index in [-0.39, 0.29) is 17.8 Å². The Morgan fingerprint density at radius 3 is 2.58 bits per heavy atom. The maximum absolute atomic E-state index is 13.1. The summed E-state index contributed by atoms with van der Waals surface area (Å²) in [6, 6.07) is 10.6. The molecule has 24 heavy (non-hydrogen) atoms. The number of benzene rings is 1. The normalized spacial score (nSPS) is 27.7. The lowest BCUT2D eigenvalue weighted by molar-refractivity contribution is -0.134. The first-order valence-electron chi connectivity index (χ1n) is 9.27. The number of carbonyl (C=O) groups is 1. The molecule has 2 fully saturated rings. The van der Waals surface area contributed by atoms with Crippen LogP contribution in [0.3, 0.4) is 0 Å². The van der Waals surface area contributed by atoms with E-state index in [0.29, 0.717) is 11.8 Å². The minimum Gasteiger partial charge on any atom is -0.354 e. The quantitative estimate of drug-likeness (QED) is 0.704. The number of carbonyl (C=O) groups excluding carboxylic acids is 1. The average Bonchev–Trinajstić information content (AvgIpc) is 3.17.